The molecule has 1 aromatic heterocycles. The van der Waals surface area contributed by atoms with Gasteiger partial charge in [-0.15, -0.1) is 0 Å². The van der Waals surface area contributed by atoms with E-state index in [-0.39, 0.29) is 5.82 Å². The first-order valence-electron chi connectivity index (χ1n) is 6.85. The molecule has 1 aliphatic heterocycles. The van der Waals surface area contributed by atoms with Crippen LogP contribution < -0.4 is 10.2 Å². The van der Waals surface area contributed by atoms with Gasteiger partial charge in [0, 0.05) is 35.7 Å². The predicted molar refractivity (Wildman–Crippen MR) is 80.3 cm³/mol. The molecule has 0 aliphatic carbocycles. The molecule has 19 heavy (non-hydrogen) atoms. The summed E-state index contributed by atoms with van der Waals surface area (Å²) in [7, 11) is 0. The maximum absolute atomic E-state index is 13.4. The van der Waals surface area contributed by atoms with Gasteiger partial charge in [0.1, 0.15) is 11.6 Å². The van der Waals surface area contributed by atoms with Gasteiger partial charge >= 0.3 is 0 Å². The quantitative estimate of drug-likeness (QED) is 0.919. The molecule has 1 N–H and O–H groups in total. The SMILES string of the molecule is CCNCc1cc(F)cnc1N1CC(C)SC(C)C1. The summed E-state index contributed by atoms with van der Waals surface area (Å²) >= 11 is 2.01. The molecule has 1 saturated heterocycles. The Balaban J connectivity index is 2.22. The van der Waals surface area contributed by atoms with Gasteiger partial charge < -0.3 is 10.2 Å². The second-order valence-electron chi connectivity index (χ2n) is 5.08. The summed E-state index contributed by atoms with van der Waals surface area (Å²) in [5.41, 5.74) is 0.952. The molecule has 1 fully saturated rings. The Morgan fingerprint density at radius 3 is 2.74 bits per heavy atom. The van der Waals surface area contributed by atoms with Crippen molar-refractivity contribution in [2.24, 2.45) is 0 Å². The van der Waals surface area contributed by atoms with Crippen LogP contribution in [0.15, 0.2) is 12.3 Å². The zero-order valence-corrected chi connectivity index (χ0v) is 12.6. The molecule has 0 saturated carbocycles. The van der Waals surface area contributed by atoms with E-state index in [1.807, 2.05) is 18.7 Å². The van der Waals surface area contributed by atoms with Crippen LogP contribution in [0.3, 0.4) is 0 Å². The zero-order valence-electron chi connectivity index (χ0n) is 11.8. The van der Waals surface area contributed by atoms with Crippen LogP contribution in [0.1, 0.15) is 26.3 Å². The summed E-state index contributed by atoms with van der Waals surface area (Å²) in [6.45, 7) is 10.0. The maximum atomic E-state index is 13.4. The summed E-state index contributed by atoms with van der Waals surface area (Å²) < 4.78 is 13.4. The third-order valence-corrected chi connectivity index (χ3v) is 4.42. The molecule has 1 aliphatic rings. The molecule has 2 heterocycles. The summed E-state index contributed by atoms with van der Waals surface area (Å²) in [6.07, 6.45) is 1.32. The third kappa shape index (κ3) is 3.83. The van der Waals surface area contributed by atoms with Gasteiger partial charge in [-0.3, -0.25) is 0 Å². The van der Waals surface area contributed by atoms with Crippen molar-refractivity contribution < 1.29 is 4.39 Å². The number of aromatic nitrogens is 1. The van der Waals surface area contributed by atoms with E-state index in [2.05, 4.69) is 29.0 Å². The van der Waals surface area contributed by atoms with E-state index in [1.54, 1.807) is 6.07 Å². The fourth-order valence-electron chi connectivity index (χ4n) is 2.50. The van der Waals surface area contributed by atoms with Gasteiger partial charge in [0.25, 0.3) is 0 Å². The van der Waals surface area contributed by atoms with Crippen molar-refractivity contribution in [3.63, 3.8) is 0 Å². The highest BCUT2D eigenvalue weighted by Gasteiger charge is 2.24. The molecule has 0 bridgehead atoms. The molecule has 106 valence electrons. The van der Waals surface area contributed by atoms with Crippen molar-refractivity contribution in [3.8, 4) is 0 Å². The molecule has 0 aromatic carbocycles. The molecule has 1 aromatic rings. The number of rotatable bonds is 4. The monoisotopic (exact) mass is 283 g/mol. The molecule has 2 atom stereocenters. The number of nitrogens with zero attached hydrogens (tertiary/aromatic N) is 2. The Bertz CT molecular complexity index is 417. The van der Waals surface area contributed by atoms with Crippen LogP contribution in [0.25, 0.3) is 0 Å². The van der Waals surface area contributed by atoms with Crippen LogP contribution in [-0.2, 0) is 6.54 Å². The van der Waals surface area contributed by atoms with E-state index in [9.17, 15) is 4.39 Å². The summed E-state index contributed by atoms with van der Waals surface area (Å²) in [4.78, 5) is 6.61. The summed E-state index contributed by atoms with van der Waals surface area (Å²) in [6, 6.07) is 1.60. The second kappa shape index (κ2) is 6.57. The van der Waals surface area contributed by atoms with Gasteiger partial charge in [0.05, 0.1) is 6.20 Å². The second-order valence-corrected chi connectivity index (χ2v) is 6.96. The lowest BCUT2D eigenvalue weighted by Gasteiger charge is -2.36. The normalized spacial score (nSPS) is 23.7. The minimum atomic E-state index is -0.260. The van der Waals surface area contributed by atoms with Crippen LogP contribution in [-0.4, -0.2) is 35.1 Å². The van der Waals surface area contributed by atoms with Crippen LogP contribution in [0.5, 0.6) is 0 Å². The summed E-state index contributed by atoms with van der Waals surface area (Å²) in [5, 5.41) is 4.43. The number of thioether (sulfide) groups is 1. The van der Waals surface area contributed by atoms with Crippen molar-refractivity contribution in [1.29, 1.82) is 0 Å². The first-order chi connectivity index (χ1) is 9.10. The van der Waals surface area contributed by atoms with Crippen LogP contribution in [0, 0.1) is 5.82 Å². The minimum absolute atomic E-state index is 0.260. The highest BCUT2D eigenvalue weighted by molar-refractivity contribution is 8.00. The van der Waals surface area contributed by atoms with E-state index in [0.29, 0.717) is 17.0 Å². The standard InChI is InChI=1S/C14H22FN3S/c1-4-16-6-12-5-13(15)7-17-14(12)18-8-10(2)19-11(3)9-18/h5,7,10-11,16H,4,6,8-9H2,1-3H3. The Labute approximate surface area is 119 Å². The van der Waals surface area contributed by atoms with Crippen LogP contribution in [0.4, 0.5) is 10.2 Å². The van der Waals surface area contributed by atoms with Gasteiger partial charge in [0.15, 0.2) is 0 Å². The van der Waals surface area contributed by atoms with Crippen molar-refractivity contribution in [2.45, 2.75) is 37.8 Å². The van der Waals surface area contributed by atoms with Gasteiger partial charge in [-0.2, -0.15) is 11.8 Å². The van der Waals surface area contributed by atoms with Gasteiger partial charge in [-0.1, -0.05) is 20.8 Å². The smallest absolute Gasteiger partial charge is 0.141 e. The first kappa shape index (κ1) is 14.6. The number of hydrogen-bond acceptors (Lipinski definition) is 4. The molecule has 2 rings (SSSR count). The number of nitrogens with one attached hydrogen (secondary N) is 1. The Morgan fingerprint density at radius 2 is 2.11 bits per heavy atom. The Kier molecular flexibility index (Phi) is 5.05. The van der Waals surface area contributed by atoms with E-state index in [1.165, 1.54) is 6.20 Å². The van der Waals surface area contributed by atoms with Crippen LogP contribution in [0.2, 0.25) is 0 Å². The van der Waals surface area contributed by atoms with E-state index < -0.39 is 0 Å². The van der Waals surface area contributed by atoms with E-state index >= 15 is 0 Å². The number of hydrogen-bond donors (Lipinski definition) is 1. The average molecular weight is 283 g/mol. The largest absolute Gasteiger partial charge is 0.354 e. The van der Waals surface area contributed by atoms with Crippen molar-refractivity contribution in [1.82, 2.24) is 10.3 Å². The first-order valence-corrected chi connectivity index (χ1v) is 7.80. The Hall–Kier alpha value is -0.810. The van der Waals surface area contributed by atoms with Crippen molar-refractivity contribution in [3.05, 3.63) is 23.6 Å². The topological polar surface area (TPSA) is 28.2 Å². The predicted octanol–water partition coefficient (Wildman–Crippen LogP) is 2.66. The summed E-state index contributed by atoms with van der Waals surface area (Å²) in [5.74, 6) is 0.672. The fourth-order valence-corrected chi connectivity index (χ4v) is 3.82. The number of anilines is 1. The van der Waals surface area contributed by atoms with Crippen LogP contribution >= 0.6 is 11.8 Å². The lowest BCUT2D eigenvalue weighted by molar-refractivity contribution is 0.610. The third-order valence-electron chi connectivity index (χ3n) is 3.19. The molecule has 2 unspecified atom stereocenters. The fraction of sp³-hybridized carbons (Fsp3) is 0.643. The average Bonchev–Trinajstić information content (AvgIpc) is 2.35. The van der Waals surface area contributed by atoms with Gasteiger partial charge in [-0.05, 0) is 12.6 Å². The number of halogens is 1. The maximum Gasteiger partial charge on any atom is 0.141 e. The molecule has 0 amide bonds. The molecule has 3 nitrogen and oxygen atoms in total. The lowest BCUT2D eigenvalue weighted by Crippen LogP contribution is -2.41. The van der Waals surface area contributed by atoms with E-state index in [4.69, 9.17) is 0 Å². The van der Waals surface area contributed by atoms with Crippen molar-refractivity contribution >= 4 is 17.6 Å². The number of pyridine rings is 1. The van der Waals surface area contributed by atoms with Crippen molar-refractivity contribution in [2.75, 3.05) is 24.5 Å². The minimum Gasteiger partial charge on any atom is -0.354 e. The molecule has 0 radical (unpaired) electrons. The molecule has 5 heteroatoms. The molecular weight excluding hydrogens is 261 g/mol. The molecule has 0 spiro atoms. The lowest BCUT2D eigenvalue weighted by atomic mass is 10.2. The zero-order chi connectivity index (χ0) is 13.8. The van der Waals surface area contributed by atoms with Gasteiger partial charge in [0.2, 0.25) is 0 Å². The van der Waals surface area contributed by atoms with E-state index in [0.717, 1.165) is 31.0 Å². The highest BCUT2D eigenvalue weighted by atomic mass is 32.2. The Morgan fingerprint density at radius 1 is 1.42 bits per heavy atom. The molecular formula is C14H22FN3S. The highest BCUT2D eigenvalue weighted by Crippen LogP contribution is 2.29. The van der Waals surface area contributed by atoms with Gasteiger partial charge in [-0.25, -0.2) is 9.37 Å².